The zero-order valence-electron chi connectivity index (χ0n) is 11.2. The molecular formula is C12H24F2N2O2. The Labute approximate surface area is 108 Å². The SMILES string of the molecule is CC(C)N1CCOC(CN(CCO)CC(F)F)C1. The van der Waals surface area contributed by atoms with Crippen LogP contribution in [0.5, 0.6) is 0 Å². The molecule has 0 spiro atoms. The monoisotopic (exact) mass is 266 g/mol. The highest BCUT2D eigenvalue weighted by molar-refractivity contribution is 4.77. The molecule has 0 radical (unpaired) electrons. The fraction of sp³-hybridized carbons (Fsp3) is 1.00. The molecule has 0 saturated carbocycles. The molecule has 0 aromatic heterocycles. The summed E-state index contributed by atoms with van der Waals surface area (Å²) in [6.07, 6.45) is -2.42. The van der Waals surface area contributed by atoms with Gasteiger partial charge in [0.05, 0.1) is 25.9 Å². The molecule has 0 aromatic rings. The number of alkyl halides is 2. The lowest BCUT2D eigenvalue weighted by Crippen LogP contribution is -2.50. The van der Waals surface area contributed by atoms with Crippen LogP contribution in [0.25, 0.3) is 0 Å². The molecule has 0 bridgehead atoms. The lowest BCUT2D eigenvalue weighted by Gasteiger charge is -2.37. The molecule has 1 N–H and O–H groups in total. The maximum Gasteiger partial charge on any atom is 0.251 e. The van der Waals surface area contributed by atoms with Crippen LogP contribution in [0.1, 0.15) is 13.8 Å². The van der Waals surface area contributed by atoms with Gasteiger partial charge in [-0.1, -0.05) is 0 Å². The molecule has 1 rings (SSSR count). The van der Waals surface area contributed by atoms with Gasteiger partial charge in [0.2, 0.25) is 0 Å². The van der Waals surface area contributed by atoms with Crippen LogP contribution >= 0.6 is 0 Å². The van der Waals surface area contributed by atoms with Crippen molar-refractivity contribution in [3.63, 3.8) is 0 Å². The number of rotatable bonds is 7. The highest BCUT2D eigenvalue weighted by atomic mass is 19.3. The summed E-state index contributed by atoms with van der Waals surface area (Å²) < 4.78 is 30.4. The maximum absolute atomic E-state index is 12.4. The molecule has 1 atom stereocenters. The van der Waals surface area contributed by atoms with Gasteiger partial charge in [-0.2, -0.15) is 0 Å². The molecule has 1 heterocycles. The molecule has 1 aliphatic heterocycles. The van der Waals surface area contributed by atoms with Gasteiger partial charge in [0.15, 0.2) is 0 Å². The summed E-state index contributed by atoms with van der Waals surface area (Å²) in [7, 11) is 0. The van der Waals surface area contributed by atoms with Gasteiger partial charge in [-0.05, 0) is 13.8 Å². The van der Waals surface area contributed by atoms with Gasteiger partial charge in [-0.3, -0.25) is 9.80 Å². The van der Waals surface area contributed by atoms with Crippen molar-refractivity contribution in [2.45, 2.75) is 32.4 Å². The van der Waals surface area contributed by atoms with Gasteiger partial charge in [0.1, 0.15) is 0 Å². The smallest absolute Gasteiger partial charge is 0.251 e. The Kier molecular flexibility index (Phi) is 6.99. The van der Waals surface area contributed by atoms with Gasteiger partial charge < -0.3 is 9.84 Å². The summed E-state index contributed by atoms with van der Waals surface area (Å²) >= 11 is 0. The molecule has 4 nitrogen and oxygen atoms in total. The standard InChI is InChI=1S/C12H24F2N2O2/c1-10(2)16-4-6-18-11(8-16)7-15(3-5-17)9-12(13)14/h10-12,17H,3-9H2,1-2H3. The summed E-state index contributed by atoms with van der Waals surface area (Å²) in [6.45, 7) is 6.85. The predicted octanol–water partition coefficient (Wildman–Crippen LogP) is 0.655. The molecule has 0 aromatic carbocycles. The van der Waals surface area contributed by atoms with Crippen molar-refractivity contribution in [2.75, 3.05) is 45.9 Å². The molecule has 0 aliphatic carbocycles. The Balaban J connectivity index is 2.42. The number of aliphatic hydroxyl groups is 1. The van der Waals surface area contributed by atoms with E-state index in [0.29, 0.717) is 19.2 Å². The van der Waals surface area contributed by atoms with Crippen molar-refractivity contribution in [1.29, 1.82) is 0 Å². The molecule has 1 fully saturated rings. The van der Waals surface area contributed by atoms with Gasteiger partial charge in [0.25, 0.3) is 6.43 Å². The zero-order chi connectivity index (χ0) is 13.5. The first-order chi connectivity index (χ1) is 8.52. The molecule has 108 valence electrons. The second kappa shape index (κ2) is 7.99. The van der Waals surface area contributed by atoms with E-state index in [9.17, 15) is 8.78 Å². The van der Waals surface area contributed by atoms with Crippen LogP contribution in [0.3, 0.4) is 0 Å². The Hall–Kier alpha value is -0.300. The number of nitrogens with zero attached hydrogens (tertiary/aromatic N) is 2. The molecule has 6 heteroatoms. The predicted molar refractivity (Wildman–Crippen MR) is 66.0 cm³/mol. The summed E-state index contributed by atoms with van der Waals surface area (Å²) in [5.41, 5.74) is 0. The highest BCUT2D eigenvalue weighted by Crippen LogP contribution is 2.11. The molecule has 1 aliphatic rings. The molecule has 0 amide bonds. The maximum atomic E-state index is 12.4. The third kappa shape index (κ3) is 5.56. The number of ether oxygens (including phenoxy) is 1. The Morgan fingerprint density at radius 3 is 2.72 bits per heavy atom. The first-order valence-electron chi connectivity index (χ1n) is 6.50. The third-order valence-corrected chi connectivity index (χ3v) is 3.17. The van der Waals surface area contributed by atoms with Crippen LogP contribution in [-0.4, -0.2) is 79.4 Å². The van der Waals surface area contributed by atoms with Crippen LogP contribution in [0.2, 0.25) is 0 Å². The summed E-state index contributed by atoms with van der Waals surface area (Å²) in [5.74, 6) is 0. The van der Waals surface area contributed by atoms with Gasteiger partial charge in [-0.25, -0.2) is 8.78 Å². The van der Waals surface area contributed by atoms with Crippen molar-refractivity contribution >= 4 is 0 Å². The van der Waals surface area contributed by atoms with Crippen LogP contribution < -0.4 is 0 Å². The first kappa shape index (κ1) is 15.8. The largest absolute Gasteiger partial charge is 0.395 e. The first-order valence-corrected chi connectivity index (χ1v) is 6.50. The quantitative estimate of drug-likeness (QED) is 0.734. The van der Waals surface area contributed by atoms with Crippen LogP contribution in [0, 0.1) is 0 Å². The number of hydrogen-bond acceptors (Lipinski definition) is 4. The second-order valence-electron chi connectivity index (χ2n) is 4.96. The van der Waals surface area contributed by atoms with Crippen molar-refractivity contribution in [3.05, 3.63) is 0 Å². The fourth-order valence-electron chi connectivity index (χ4n) is 2.20. The average Bonchev–Trinajstić information content (AvgIpc) is 2.28. The number of morpholine rings is 1. The average molecular weight is 266 g/mol. The van der Waals surface area contributed by atoms with E-state index in [1.165, 1.54) is 0 Å². The van der Waals surface area contributed by atoms with Crippen LogP contribution in [0.4, 0.5) is 8.78 Å². The third-order valence-electron chi connectivity index (χ3n) is 3.17. The Morgan fingerprint density at radius 2 is 2.17 bits per heavy atom. The summed E-state index contributed by atoms with van der Waals surface area (Å²) in [5, 5.41) is 8.88. The van der Waals surface area contributed by atoms with Crippen molar-refractivity contribution < 1.29 is 18.6 Å². The molecule has 1 saturated heterocycles. The lowest BCUT2D eigenvalue weighted by atomic mass is 10.2. The van der Waals surface area contributed by atoms with Gasteiger partial charge in [-0.15, -0.1) is 0 Å². The van der Waals surface area contributed by atoms with Crippen molar-refractivity contribution in [3.8, 4) is 0 Å². The van der Waals surface area contributed by atoms with Gasteiger partial charge in [0, 0.05) is 32.2 Å². The van der Waals surface area contributed by atoms with Crippen LogP contribution in [-0.2, 0) is 4.74 Å². The normalized spacial score (nSPS) is 22.3. The van der Waals surface area contributed by atoms with E-state index < -0.39 is 6.43 Å². The topological polar surface area (TPSA) is 35.9 Å². The van der Waals surface area contributed by atoms with E-state index in [1.807, 2.05) is 0 Å². The number of aliphatic hydroxyl groups excluding tert-OH is 1. The molecular weight excluding hydrogens is 242 g/mol. The number of halogens is 2. The van der Waals surface area contributed by atoms with Gasteiger partial charge >= 0.3 is 0 Å². The Bertz CT molecular complexity index is 230. The summed E-state index contributed by atoms with van der Waals surface area (Å²) in [4.78, 5) is 3.85. The van der Waals surface area contributed by atoms with E-state index in [2.05, 4.69) is 18.7 Å². The van der Waals surface area contributed by atoms with Crippen LogP contribution in [0.15, 0.2) is 0 Å². The minimum atomic E-state index is -2.37. The lowest BCUT2D eigenvalue weighted by molar-refractivity contribution is -0.0584. The van der Waals surface area contributed by atoms with E-state index >= 15 is 0 Å². The van der Waals surface area contributed by atoms with E-state index in [4.69, 9.17) is 9.84 Å². The van der Waals surface area contributed by atoms with E-state index in [-0.39, 0.29) is 25.8 Å². The van der Waals surface area contributed by atoms with Crippen molar-refractivity contribution in [2.24, 2.45) is 0 Å². The second-order valence-corrected chi connectivity index (χ2v) is 4.96. The van der Waals surface area contributed by atoms with E-state index in [1.54, 1.807) is 4.90 Å². The fourth-order valence-corrected chi connectivity index (χ4v) is 2.20. The minimum absolute atomic E-state index is 0.0496. The molecule has 18 heavy (non-hydrogen) atoms. The minimum Gasteiger partial charge on any atom is -0.395 e. The zero-order valence-corrected chi connectivity index (χ0v) is 11.2. The highest BCUT2D eigenvalue weighted by Gasteiger charge is 2.24. The Morgan fingerprint density at radius 1 is 1.44 bits per heavy atom. The summed E-state index contributed by atoms with van der Waals surface area (Å²) in [6, 6.07) is 0.442. The molecule has 1 unspecified atom stereocenters. The van der Waals surface area contributed by atoms with E-state index in [0.717, 1.165) is 13.1 Å². The van der Waals surface area contributed by atoms with Crippen molar-refractivity contribution in [1.82, 2.24) is 9.80 Å². The number of hydrogen-bond donors (Lipinski definition) is 1.